The van der Waals surface area contributed by atoms with E-state index in [2.05, 4.69) is 69.3 Å². The molecule has 3 fully saturated rings. The number of piperazine rings is 1. The van der Waals surface area contributed by atoms with Crippen molar-refractivity contribution in [1.82, 2.24) is 9.80 Å². The average molecular weight is 535 g/mol. The lowest BCUT2D eigenvalue weighted by Gasteiger charge is -2.37. The number of rotatable bonds is 9. The molecule has 3 atom stereocenters. The van der Waals surface area contributed by atoms with Crippen LogP contribution in [0.5, 0.6) is 0 Å². The molecule has 2 heterocycles. The highest BCUT2D eigenvalue weighted by atomic mass is 16.5. The predicted molar refractivity (Wildman–Crippen MR) is 157 cm³/mol. The van der Waals surface area contributed by atoms with Crippen molar-refractivity contribution < 1.29 is 9.53 Å². The monoisotopic (exact) mass is 534 g/mol. The number of nitriles is 1. The number of nitrogens with zero attached hydrogens (tertiary/aromatic N) is 4. The fourth-order valence-corrected chi connectivity index (χ4v) is 6.18. The summed E-state index contributed by atoms with van der Waals surface area (Å²) in [4.78, 5) is 20.2. The minimum Gasteiger partial charge on any atom is -0.372 e. The third-order valence-electron chi connectivity index (χ3n) is 8.69. The summed E-state index contributed by atoms with van der Waals surface area (Å²) in [5, 5.41) is 9.13. The first kappa shape index (κ1) is 26.6. The first-order chi connectivity index (χ1) is 19.7. The maximum atomic E-state index is 13.2. The third-order valence-corrected chi connectivity index (χ3v) is 8.69. The van der Waals surface area contributed by atoms with Gasteiger partial charge in [0.25, 0.3) is 0 Å². The molecule has 0 unspecified atom stereocenters. The topological polar surface area (TPSA) is 59.8 Å². The van der Waals surface area contributed by atoms with E-state index in [-0.39, 0.29) is 12.0 Å². The van der Waals surface area contributed by atoms with Gasteiger partial charge in [-0.15, -0.1) is 0 Å². The van der Waals surface area contributed by atoms with Gasteiger partial charge in [-0.2, -0.15) is 5.26 Å². The van der Waals surface area contributed by atoms with Gasteiger partial charge < -0.3 is 14.5 Å². The number of benzene rings is 3. The van der Waals surface area contributed by atoms with E-state index in [1.165, 1.54) is 29.7 Å². The Balaban J connectivity index is 1.09. The highest BCUT2D eigenvalue weighted by molar-refractivity contribution is 5.83. The van der Waals surface area contributed by atoms with E-state index in [0.717, 1.165) is 57.8 Å². The van der Waals surface area contributed by atoms with Gasteiger partial charge in [0, 0.05) is 57.4 Å². The van der Waals surface area contributed by atoms with Crippen molar-refractivity contribution in [1.29, 1.82) is 5.26 Å². The van der Waals surface area contributed by atoms with Gasteiger partial charge in [-0.05, 0) is 66.1 Å². The largest absolute Gasteiger partial charge is 0.372 e. The molecule has 3 aromatic rings. The van der Waals surface area contributed by atoms with Crippen LogP contribution in [0.3, 0.4) is 0 Å². The van der Waals surface area contributed by atoms with Gasteiger partial charge >= 0.3 is 0 Å². The van der Waals surface area contributed by atoms with Crippen LogP contribution in [0.15, 0.2) is 78.9 Å². The number of anilines is 1. The van der Waals surface area contributed by atoms with Crippen molar-refractivity contribution >= 4 is 11.6 Å². The summed E-state index contributed by atoms with van der Waals surface area (Å²) in [6.07, 6.45) is 3.39. The first-order valence-corrected chi connectivity index (χ1v) is 14.7. The lowest BCUT2D eigenvalue weighted by atomic mass is 10.1. The van der Waals surface area contributed by atoms with Gasteiger partial charge in [-0.25, -0.2) is 0 Å². The maximum Gasteiger partial charge on any atom is 0.226 e. The van der Waals surface area contributed by atoms with Gasteiger partial charge in [-0.1, -0.05) is 54.6 Å². The molecule has 206 valence electrons. The Labute approximate surface area is 237 Å². The Morgan fingerprint density at radius 2 is 1.65 bits per heavy atom. The lowest BCUT2D eigenvalue weighted by molar-refractivity contribution is -0.134. The normalized spacial score (nSPS) is 21.7. The minimum absolute atomic E-state index is 0.0775. The van der Waals surface area contributed by atoms with Crippen molar-refractivity contribution in [3.05, 3.63) is 101 Å². The van der Waals surface area contributed by atoms with Crippen LogP contribution >= 0.6 is 0 Å². The Kier molecular flexibility index (Phi) is 8.13. The number of carbonyl (C=O) groups is 1. The predicted octanol–water partition coefficient (Wildman–Crippen LogP) is 5.36. The zero-order valence-electron chi connectivity index (χ0n) is 23.1. The fourth-order valence-electron chi connectivity index (χ4n) is 6.18. The molecule has 6 rings (SSSR count). The molecule has 6 nitrogen and oxygen atoms in total. The van der Waals surface area contributed by atoms with Crippen LogP contribution < -0.4 is 4.90 Å². The van der Waals surface area contributed by atoms with Gasteiger partial charge in [0.15, 0.2) is 0 Å². The molecule has 3 aromatic carbocycles. The molecule has 0 aromatic heterocycles. The number of amides is 1. The molecule has 6 heteroatoms. The Hall–Kier alpha value is -3.66. The van der Waals surface area contributed by atoms with Crippen LogP contribution in [-0.2, 0) is 16.1 Å². The minimum atomic E-state index is -0.0775. The van der Waals surface area contributed by atoms with E-state index in [1.807, 2.05) is 30.3 Å². The highest BCUT2D eigenvalue weighted by Crippen LogP contribution is 2.48. The molecule has 40 heavy (non-hydrogen) atoms. The van der Waals surface area contributed by atoms with Gasteiger partial charge in [-0.3, -0.25) is 9.69 Å². The number of hydrogen-bond donors (Lipinski definition) is 0. The van der Waals surface area contributed by atoms with E-state index >= 15 is 0 Å². The molecular weight excluding hydrogens is 496 g/mol. The summed E-state index contributed by atoms with van der Waals surface area (Å²) in [5.41, 5.74) is 5.48. The first-order valence-electron chi connectivity index (χ1n) is 14.7. The summed E-state index contributed by atoms with van der Waals surface area (Å²) < 4.78 is 6.57. The quantitative estimate of drug-likeness (QED) is 0.370. The standard InChI is InChI=1S/C34H38N4O2/c35-23-26-11-13-27(14-12-26)25-40-33(29-9-6-10-30(21-29)37-15-4-5-16-37)24-36-17-19-38(20-18-36)34(39)32-22-31(32)28-7-2-1-3-8-28/h1-3,6-14,21,31-33H,4-5,15-20,22,24-25H2/t31-,32+,33-/m0/s1. The summed E-state index contributed by atoms with van der Waals surface area (Å²) in [6.45, 7) is 6.77. The number of hydrogen-bond acceptors (Lipinski definition) is 5. The third kappa shape index (κ3) is 6.22. The Bertz CT molecular complexity index is 1320. The molecule has 3 aliphatic rings. The summed E-state index contributed by atoms with van der Waals surface area (Å²) in [7, 11) is 0. The Morgan fingerprint density at radius 1 is 0.900 bits per heavy atom. The Morgan fingerprint density at radius 3 is 2.38 bits per heavy atom. The van der Waals surface area contributed by atoms with Crippen molar-refractivity contribution in [2.24, 2.45) is 5.92 Å². The van der Waals surface area contributed by atoms with Gasteiger partial charge in [0.1, 0.15) is 0 Å². The van der Waals surface area contributed by atoms with Gasteiger partial charge in [0.2, 0.25) is 5.91 Å². The average Bonchev–Trinajstić information content (AvgIpc) is 3.63. The number of ether oxygens (including phenoxy) is 1. The van der Waals surface area contributed by atoms with Crippen molar-refractivity contribution in [3.8, 4) is 6.07 Å². The summed E-state index contributed by atoms with van der Waals surface area (Å²) >= 11 is 0. The van der Waals surface area contributed by atoms with Crippen molar-refractivity contribution in [2.45, 2.75) is 37.9 Å². The van der Waals surface area contributed by atoms with Crippen LogP contribution in [0.25, 0.3) is 0 Å². The second kappa shape index (κ2) is 12.2. The van der Waals surface area contributed by atoms with Crippen LogP contribution in [0.1, 0.15) is 53.5 Å². The molecule has 0 radical (unpaired) electrons. The fraction of sp³-hybridized carbons (Fsp3) is 0.412. The highest BCUT2D eigenvalue weighted by Gasteiger charge is 2.46. The van der Waals surface area contributed by atoms with Gasteiger partial charge in [0.05, 0.1) is 24.3 Å². The second-order valence-electron chi connectivity index (χ2n) is 11.4. The molecule has 1 amide bonds. The molecule has 0 N–H and O–H groups in total. The molecule has 1 saturated carbocycles. The van der Waals surface area contributed by atoms with E-state index in [4.69, 9.17) is 10.00 Å². The zero-order valence-corrected chi connectivity index (χ0v) is 23.1. The molecule has 0 spiro atoms. The van der Waals surface area contributed by atoms with Crippen LogP contribution in [-0.4, -0.2) is 61.5 Å². The zero-order chi connectivity index (χ0) is 27.3. The van der Waals surface area contributed by atoms with Crippen molar-refractivity contribution in [3.63, 3.8) is 0 Å². The molecular formula is C34H38N4O2. The van der Waals surface area contributed by atoms with Crippen LogP contribution in [0.4, 0.5) is 5.69 Å². The lowest BCUT2D eigenvalue weighted by Crippen LogP contribution is -2.50. The molecule has 2 saturated heterocycles. The number of carbonyl (C=O) groups excluding carboxylic acids is 1. The maximum absolute atomic E-state index is 13.2. The molecule has 2 aliphatic heterocycles. The van der Waals surface area contributed by atoms with Crippen LogP contribution in [0.2, 0.25) is 0 Å². The van der Waals surface area contributed by atoms with Crippen LogP contribution in [0, 0.1) is 17.2 Å². The van der Waals surface area contributed by atoms with E-state index in [1.54, 1.807) is 0 Å². The molecule has 1 aliphatic carbocycles. The van der Waals surface area contributed by atoms with Crippen molar-refractivity contribution in [2.75, 3.05) is 50.7 Å². The summed E-state index contributed by atoms with van der Waals surface area (Å²) in [5.74, 6) is 0.848. The van der Waals surface area contributed by atoms with E-state index in [9.17, 15) is 4.79 Å². The van der Waals surface area contributed by atoms with E-state index < -0.39 is 0 Å². The summed E-state index contributed by atoms with van der Waals surface area (Å²) in [6, 6.07) is 29.1. The smallest absolute Gasteiger partial charge is 0.226 e. The van der Waals surface area contributed by atoms with E-state index in [0.29, 0.717) is 24.0 Å². The second-order valence-corrected chi connectivity index (χ2v) is 11.4. The molecule has 0 bridgehead atoms. The SMILES string of the molecule is N#Cc1ccc(CO[C@@H](CN2CCN(C(=O)[C@@H]3C[C@H]3c3ccccc3)CC2)c2cccc(N3CCCC3)c2)cc1.